The minimum atomic E-state index is -3.07. The molecule has 0 bridgehead atoms. The molecular formula is C75H63Cl6Li3OSi2. The maximum Gasteiger partial charge on any atom is 1.00 e. The van der Waals surface area contributed by atoms with Gasteiger partial charge in [0.15, 0.2) is 0 Å². The first kappa shape index (κ1) is 74.1. The van der Waals surface area contributed by atoms with Gasteiger partial charge in [-0.25, -0.2) is 0 Å². The molecule has 0 unspecified atom stereocenters. The molecule has 12 heteroatoms. The summed E-state index contributed by atoms with van der Waals surface area (Å²) in [5.74, 6) is 6.22. The molecular weight excluding hydrogens is 1210 g/mol. The molecule has 12 rings (SSSR count). The molecule has 0 aliphatic carbocycles. The Bertz CT molecular complexity index is 3500. The summed E-state index contributed by atoms with van der Waals surface area (Å²) < 4.78 is 4.94. The normalized spacial score (nSPS) is 12.9. The largest absolute Gasteiger partial charge is 1.00 e. The number of benzene rings is 10. The Balaban J connectivity index is 0.000000324. The quantitative estimate of drug-likeness (QED) is 0.0349. The van der Waals surface area contributed by atoms with E-state index in [1.807, 2.05) is 158 Å². The Kier molecular flexibility index (Phi) is 33.7. The van der Waals surface area contributed by atoms with Gasteiger partial charge in [0.25, 0.3) is 0 Å². The zero-order valence-electron chi connectivity index (χ0n) is 49.4. The Morgan fingerprint density at radius 3 is 0.839 bits per heavy atom. The van der Waals surface area contributed by atoms with E-state index in [-0.39, 0.29) is 65.4 Å². The van der Waals surface area contributed by atoms with E-state index in [4.69, 9.17) is 71.2 Å². The summed E-state index contributed by atoms with van der Waals surface area (Å²) in [4.78, 5) is 0. The first-order valence-corrected chi connectivity index (χ1v) is 37.1. The minimum absolute atomic E-state index is 0. The molecule has 87 heavy (non-hydrogen) atoms. The summed E-state index contributed by atoms with van der Waals surface area (Å²) in [5.41, 5.74) is 15.2. The van der Waals surface area contributed by atoms with E-state index in [0.717, 1.165) is 102 Å². The molecule has 0 N–H and O–H groups in total. The van der Waals surface area contributed by atoms with Gasteiger partial charge >= 0.3 is 68.6 Å². The molecule has 2 heterocycles. The molecule has 10 aromatic carbocycles. The van der Waals surface area contributed by atoms with E-state index in [1.165, 1.54) is 12.8 Å². The minimum Gasteiger partial charge on any atom is -1.00 e. The van der Waals surface area contributed by atoms with Crippen molar-refractivity contribution in [3.05, 3.63) is 371 Å². The summed E-state index contributed by atoms with van der Waals surface area (Å²) in [7, 11) is 0. The molecule has 1 fully saturated rings. The molecule has 2 aliphatic heterocycles. The third-order valence-corrected chi connectivity index (χ3v) is 17.4. The van der Waals surface area contributed by atoms with Crippen LogP contribution in [0.3, 0.4) is 0 Å². The van der Waals surface area contributed by atoms with E-state index in [0.29, 0.717) is 0 Å². The van der Waals surface area contributed by atoms with Crippen molar-refractivity contribution in [2.24, 2.45) is 0 Å². The number of hydrogen-bond donors (Lipinski definition) is 0. The first-order valence-electron chi connectivity index (χ1n) is 27.1. The fourth-order valence-corrected chi connectivity index (χ4v) is 14.1. The second kappa shape index (κ2) is 39.6. The van der Waals surface area contributed by atoms with Gasteiger partial charge in [-0.1, -0.05) is 274 Å². The van der Waals surface area contributed by atoms with Gasteiger partial charge in [0.2, 0.25) is 0 Å². The van der Waals surface area contributed by atoms with Crippen molar-refractivity contribution in [3.63, 3.8) is 0 Å². The average Bonchev–Trinajstić information content (AvgIpc) is 1.93. The van der Waals surface area contributed by atoms with Crippen LogP contribution in [-0.2, 0) is 4.74 Å². The SMILES string of the molecule is C.C(#Cc1ccccc1)c1ccccc1.C1CCOC1.Cl[Si](Cl)(Cl)Cl.Cl[Si]1(Cl)C(c2ccccc2)=C(c2ccccc2)C(c2ccccc2)=C1c1ccccc1.[C-](=C(C(=[C-]c1ccccc1)c1ccccc1)c1ccccc1)c1ccccc1.[H-].[Li+].[Li+].[Li+]. The first-order chi connectivity index (χ1) is 40.5. The van der Waals surface area contributed by atoms with Crippen LogP contribution in [0.1, 0.15) is 77.3 Å². The molecule has 0 aromatic heterocycles. The van der Waals surface area contributed by atoms with Crippen LogP contribution in [0.4, 0.5) is 0 Å². The molecule has 0 spiro atoms. The van der Waals surface area contributed by atoms with E-state index < -0.39 is 12.0 Å². The Morgan fingerprint density at radius 1 is 0.356 bits per heavy atom. The molecule has 2 aliphatic rings. The Morgan fingerprint density at radius 2 is 0.586 bits per heavy atom. The number of halogens is 6. The average molecular weight is 1270 g/mol. The van der Waals surface area contributed by atoms with Crippen LogP contribution in [0.5, 0.6) is 0 Å². The zero-order chi connectivity index (χ0) is 58.0. The molecule has 10 aromatic rings. The molecule has 422 valence electrons. The number of allylic oxidation sites excluding steroid dienone is 4. The second-order valence-corrected chi connectivity index (χ2v) is 36.0. The van der Waals surface area contributed by atoms with Crippen LogP contribution in [0, 0.1) is 24.0 Å². The second-order valence-electron chi connectivity index (χ2n) is 18.7. The van der Waals surface area contributed by atoms with Crippen LogP contribution in [0.2, 0.25) is 0 Å². The van der Waals surface area contributed by atoms with Gasteiger partial charge in [-0.3, -0.25) is 0 Å². The van der Waals surface area contributed by atoms with Crippen molar-refractivity contribution >= 4 is 111 Å². The fraction of sp³-hybridized carbons (Fsp3) is 0.0667. The van der Waals surface area contributed by atoms with Crippen molar-refractivity contribution in [3.8, 4) is 11.8 Å². The summed E-state index contributed by atoms with van der Waals surface area (Å²) in [5, 5.41) is -0.610. The maximum atomic E-state index is 7.45. The number of ether oxygens (including phenoxy) is 1. The predicted octanol–water partition coefficient (Wildman–Crippen LogP) is 13.1. The van der Waals surface area contributed by atoms with Crippen LogP contribution < -0.4 is 56.6 Å². The van der Waals surface area contributed by atoms with Gasteiger partial charge in [0.05, 0.1) is 0 Å². The fourth-order valence-electron chi connectivity index (χ4n) is 9.13. The Hall–Kier alpha value is -5.35. The molecule has 0 atom stereocenters. The van der Waals surface area contributed by atoms with E-state index in [9.17, 15) is 0 Å². The van der Waals surface area contributed by atoms with Crippen molar-refractivity contribution in [2.75, 3.05) is 13.2 Å². The summed E-state index contributed by atoms with van der Waals surface area (Å²) >= 11 is 34.8. The number of rotatable bonds is 9. The molecule has 0 saturated carbocycles. The van der Waals surface area contributed by atoms with Gasteiger partial charge < -0.3 is 6.16 Å². The summed E-state index contributed by atoms with van der Waals surface area (Å²) in [6.07, 6.45) is 9.82. The van der Waals surface area contributed by atoms with Crippen LogP contribution in [-0.4, -0.2) is 25.2 Å². The Labute approximate surface area is 584 Å². The zero-order valence-corrected chi connectivity index (χ0v) is 54.9. The van der Waals surface area contributed by atoms with E-state index in [1.54, 1.807) is 0 Å². The van der Waals surface area contributed by atoms with E-state index in [2.05, 4.69) is 170 Å². The van der Waals surface area contributed by atoms with Crippen molar-refractivity contribution in [1.29, 1.82) is 0 Å². The van der Waals surface area contributed by atoms with Gasteiger partial charge in [0.1, 0.15) is 0 Å². The molecule has 1 saturated heterocycles. The smallest absolute Gasteiger partial charge is 1.00 e. The third kappa shape index (κ3) is 23.8. The van der Waals surface area contributed by atoms with Gasteiger partial charge in [-0.05, 0) is 80.9 Å². The van der Waals surface area contributed by atoms with Crippen molar-refractivity contribution in [2.45, 2.75) is 20.3 Å². The monoisotopic (exact) mass is 1270 g/mol. The summed E-state index contributed by atoms with van der Waals surface area (Å²) in [6.45, 7) is -1.07. The van der Waals surface area contributed by atoms with Crippen LogP contribution in [0.15, 0.2) is 303 Å². The standard InChI is InChI=1S/C28H20Cl2Si.C28H20.C14H10.C4H8O.CH4.Cl4Si.3Li.H/c29-31(30)27(23-17-9-3-10-18-23)25(21-13-5-1-6-14-21)26(22-15-7-2-8-16-22)28(31)24-19-11-4-12-20-24;1-5-13-23(14-6-1)21-27(25-17-9-3-10-18-25)28(26-19-11-4-12-20-26)22-24-15-7-2-8-16-24;1-3-7-13(8-4-1)11-12-14-9-5-2-6-10-14;1-2-4-5-3-1;;1-5(2,3)4;;;;/h1-20H;1-20H;1-10H;1-4H2;1H4;;;;;/q;-2;;;;;3*+1;-1. The van der Waals surface area contributed by atoms with E-state index >= 15 is 0 Å². The maximum absolute atomic E-state index is 7.45. The van der Waals surface area contributed by atoms with Gasteiger partial charge in [-0.15, -0.1) is 113 Å². The van der Waals surface area contributed by atoms with Crippen LogP contribution >= 0.6 is 66.5 Å². The van der Waals surface area contributed by atoms with Gasteiger partial charge in [-0.2, -0.15) is 23.3 Å². The third-order valence-electron chi connectivity index (χ3n) is 12.8. The van der Waals surface area contributed by atoms with Crippen molar-refractivity contribution in [1.82, 2.24) is 0 Å². The van der Waals surface area contributed by atoms with Crippen LogP contribution in [0.25, 0.3) is 32.7 Å². The molecule has 0 amide bonds. The summed E-state index contributed by atoms with van der Waals surface area (Å²) in [6, 6.07) is 103. The van der Waals surface area contributed by atoms with Gasteiger partial charge in [0, 0.05) is 24.3 Å². The predicted molar refractivity (Wildman–Crippen MR) is 370 cm³/mol. The molecule has 0 radical (unpaired) electrons. The van der Waals surface area contributed by atoms with Crippen molar-refractivity contribution < 1.29 is 62.7 Å². The topological polar surface area (TPSA) is 9.23 Å². The molecule has 1 nitrogen and oxygen atoms in total. The number of hydrogen-bond acceptors (Lipinski definition) is 1.